The first-order chi connectivity index (χ1) is 14.6. The van der Waals surface area contributed by atoms with E-state index in [4.69, 9.17) is 0 Å². The summed E-state index contributed by atoms with van der Waals surface area (Å²) in [6, 6.07) is 14.3. The highest BCUT2D eigenvalue weighted by molar-refractivity contribution is 7.91. The van der Waals surface area contributed by atoms with Crippen molar-refractivity contribution in [2.45, 2.75) is 42.4 Å². The Morgan fingerprint density at radius 2 is 1.87 bits per heavy atom. The minimum Gasteiger partial charge on any atom is -0.351 e. The quantitative estimate of drug-likeness (QED) is 0.564. The summed E-state index contributed by atoms with van der Waals surface area (Å²) in [5.41, 5.74) is 1.38. The lowest BCUT2D eigenvalue weighted by molar-refractivity contribution is 0.347. The third kappa shape index (κ3) is 4.71. The maximum absolute atomic E-state index is 12.9. The van der Waals surface area contributed by atoms with Crippen molar-refractivity contribution >= 4 is 27.3 Å². The minimum atomic E-state index is -3.36. The van der Waals surface area contributed by atoms with Crippen LogP contribution in [-0.4, -0.2) is 56.8 Å². The molecule has 2 saturated heterocycles. The van der Waals surface area contributed by atoms with Gasteiger partial charge < -0.3 is 10.2 Å². The lowest BCUT2D eigenvalue weighted by Crippen LogP contribution is -2.39. The maximum atomic E-state index is 12.9. The average molecular weight is 447 g/mol. The summed E-state index contributed by atoms with van der Waals surface area (Å²) >= 11 is 1.36. The predicted molar refractivity (Wildman–Crippen MR) is 123 cm³/mol. The summed E-state index contributed by atoms with van der Waals surface area (Å²) in [7, 11) is -1.55. The number of hydrogen-bond acceptors (Lipinski definition) is 4. The van der Waals surface area contributed by atoms with Gasteiger partial charge >= 0.3 is 0 Å². The molecule has 0 amide bonds. The fourth-order valence-electron chi connectivity index (χ4n) is 4.27. The van der Waals surface area contributed by atoms with Gasteiger partial charge in [0.25, 0.3) is 10.0 Å². The number of thiophene rings is 1. The Kier molecular flexibility index (Phi) is 6.75. The van der Waals surface area contributed by atoms with Crippen molar-refractivity contribution in [2.24, 2.45) is 4.99 Å². The number of nitrogens with one attached hydrogen (secondary N) is 1. The molecule has 1 N–H and O–H groups in total. The average Bonchev–Trinajstić information content (AvgIpc) is 3.46. The zero-order valence-electron chi connectivity index (χ0n) is 17.5. The van der Waals surface area contributed by atoms with E-state index in [-0.39, 0.29) is 0 Å². The van der Waals surface area contributed by atoms with E-state index in [0.717, 1.165) is 49.6 Å². The molecule has 6 nitrogen and oxygen atoms in total. The first-order valence-corrected chi connectivity index (χ1v) is 12.9. The van der Waals surface area contributed by atoms with Crippen molar-refractivity contribution in [1.82, 2.24) is 14.5 Å². The van der Waals surface area contributed by atoms with E-state index < -0.39 is 10.0 Å². The third-order valence-corrected chi connectivity index (χ3v) is 9.39. The fraction of sp³-hybridized carbons (Fsp3) is 0.500. The minimum absolute atomic E-state index is 0.446. The van der Waals surface area contributed by atoms with Crippen LogP contribution in [0.1, 0.15) is 42.0 Å². The molecular formula is C22H30N4O2S2. The van der Waals surface area contributed by atoms with Crippen LogP contribution in [0.25, 0.3) is 0 Å². The Balaban J connectivity index is 1.35. The normalized spacial score (nSPS) is 21.2. The van der Waals surface area contributed by atoms with Gasteiger partial charge in [-0.1, -0.05) is 36.8 Å². The Morgan fingerprint density at radius 1 is 1.10 bits per heavy atom. The number of nitrogens with zero attached hydrogens (tertiary/aromatic N) is 3. The number of piperidine rings is 1. The first kappa shape index (κ1) is 21.3. The van der Waals surface area contributed by atoms with E-state index in [2.05, 4.69) is 45.5 Å². The smallest absolute Gasteiger partial charge is 0.252 e. The number of rotatable bonds is 5. The van der Waals surface area contributed by atoms with Gasteiger partial charge in [0.15, 0.2) is 5.96 Å². The maximum Gasteiger partial charge on any atom is 0.252 e. The van der Waals surface area contributed by atoms with Crippen molar-refractivity contribution in [3.05, 3.63) is 52.9 Å². The third-order valence-electron chi connectivity index (χ3n) is 5.94. The predicted octanol–water partition coefficient (Wildman–Crippen LogP) is 3.49. The lowest BCUT2D eigenvalue weighted by atomic mass is 9.99. The van der Waals surface area contributed by atoms with E-state index >= 15 is 0 Å². The van der Waals surface area contributed by atoms with Crippen molar-refractivity contribution in [2.75, 3.05) is 33.2 Å². The molecule has 30 heavy (non-hydrogen) atoms. The Labute approximate surface area is 183 Å². The molecule has 4 rings (SSSR count). The van der Waals surface area contributed by atoms with Gasteiger partial charge in [-0.05, 0) is 37.0 Å². The lowest BCUT2D eigenvalue weighted by Gasteiger charge is -2.25. The van der Waals surface area contributed by atoms with Crippen molar-refractivity contribution in [1.29, 1.82) is 0 Å². The molecule has 0 bridgehead atoms. The van der Waals surface area contributed by atoms with E-state index in [1.54, 1.807) is 17.4 Å². The molecule has 2 aliphatic heterocycles. The number of guanidine groups is 1. The fourth-order valence-corrected chi connectivity index (χ4v) is 7.24. The molecule has 3 heterocycles. The van der Waals surface area contributed by atoms with Crippen LogP contribution in [0.5, 0.6) is 0 Å². The second kappa shape index (κ2) is 9.49. The molecule has 2 fully saturated rings. The van der Waals surface area contributed by atoms with Gasteiger partial charge in [0.2, 0.25) is 0 Å². The van der Waals surface area contributed by atoms with Gasteiger partial charge in [-0.3, -0.25) is 4.99 Å². The monoisotopic (exact) mass is 446 g/mol. The molecule has 1 atom stereocenters. The van der Waals surface area contributed by atoms with Crippen molar-refractivity contribution in [3.63, 3.8) is 0 Å². The Morgan fingerprint density at radius 3 is 2.60 bits per heavy atom. The van der Waals surface area contributed by atoms with Gasteiger partial charge in [-0.15, -0.1) is 11.3 Å². The highest BCUT2D eigenvalue weighted by Crippen LogP contribution is 2.28. The highest BCUT2D eigenvalue weighted by Gasteiger charge is 2.28. The Bertz CT molecular complexity index is 966. The van der Waals surface area contributed by atoms with Crippen molar-refractivity contribution in [3.8, 4) is 0 Å². The molecule has 0 aliphatic carbocycles. The summed E-state index contributed by atoms with van der Waals surface area (Å²) in [6.07, 6.45) is 4.14. The van der Waals surface area contributed by atoms with Crippen LogP contribution >= 0.6 is 11.3 Å². The number of hydrogen-bond donors (Lipinski definition) is 1. The van der Waals surface area contributed by atoms with E-state index in [1.165, 1.54) is 16.9 Å². The molecule has 0 spiro atoms. The highest BCUT2D eigenvalue weighted by atomic mass is 32.2. The zero-order valence-corrected chi connectivity index (χ0v) is 19.1. The first-order valence-electron chi connectivity index (χ1n) is 10.7. The van der Waals surface area contributed by atoms with Crippen LogP contribution in [0.2, 0.25) is 0 Å². The molecule has 0 radical (unpaired) electrons. The molecule has 2 aromatic rings. The number of benzene rings is 1. The van der Waals surface area contributed by atoms with Crippen LogP contribution in [0.15, 0.2) is 51.7 Å². The van der Waals surface area contributed by atoms with Crippen LogP contribution in [0, 0.1) is 0 Å². The summed E-state index contributed by atoms with van der Waals surface area (Å²) in [5.74, 6) is 1.40. The summed E-state index contributed by atoms with van der Waals surface area (Å²) in [6.45, 7) is 3.77. The van der Waals surface area contributed by atoms with E-state index in [9.17, 15) is 8.42 Å². The van der Waals surface area contributed by atoms with E-state index in [1.807, 2.05) is 6.07 Å². The largest absolute Gasteiger partial charge is 0.351 e. The number of sulfonamides is 1. The van der Waals surface area contributed by atoms with Crippen LogP contribution in [0.4, 0.5) is 0 Å². The SMILES string of the molecule is CN=C(NCc1ccc(S(=O)(=O)N2CCCCC2)s1)N1CCC(c2ccccc2)C1. The Hall–Kier alpha value is -1.90. The second-order valence-electron chi connectivity index (χ2n) is 7.93. The van der Waals surface area contributed by atoms with Gasteiger partial charge in [0, 0.05) is 44.0 Å². The van der Waals surface area contributed by atoms with Crippen molar-refractivity contribution < 1.29 is 8.42 Å². The van der Waals surface area contributed by atoms with Gasteiger partial charge in [0.1, 0.15) is 4.21 Å². The molecular weight excluding hydrogens is 416 g/mol. The van der Waals surface area contributed by atoms with E-state index in [0.29, 0.717) is 29.8 Å². The van der Waals surface area contributed by atoms with Crippen LogP contribution < -0.4 is 5.32 Å². The van der Waals surface area contributed by atoms with Crippen LogP contribution in [0.3, 0.4) is 0 Å². The topological polar surface area (TPSA) is 65.0 Å². The number of aliphatic imine (C=N–C) groups is 1. The van der Waals surface area contributed by atoms with Crippen LogP contribution in [-0.2, 0) is 16.6 Å². The van der Waals surface area contributed by atoms with Gasteiger partial charge in [0.05, 0.1) is 6.54 Å². The molecule has 2 aliphatic rings. The molecule has 0 saturated carbocycles. The molecule has 8 heteroatoms. The summed E-state index contributed by atoms with van der Waals surface area (Å²) in [4.78, 5) is 7.75. The standard InChI is InChI=1S/C22H30N4O2S2/c1-23-22(25-15-12-19(17-25)18-8-4-2-5-9-18)24-16-20-10-11-21(29-20)30(27,28)26-13-6-3-7-14-26/h2,4-5,8-11,19H,3,6-7,12-17H2,1H3,(H,23,24). The van der Waals surface area contributed by atoms with Gasteiger partial charge in [-0.2, -0.15) is 4.31 Å². The molecule has 1 unspecified atom stereocenters. The zero-order chi connectivity index (χ0) is 21.0. The molecule has 162 valence electrons. The molecule has 1 aromatic heterocycles. The number of likely N-dealkylation sites (tertiary alicyclic amines) is 1. The summed E-state index contributed by atoms with van der Waals surface area (Å²) in [5, 5.41) is 3.42. The molecule has 1 aromatic carbocycles. The second-order valence-corrected chi connectivity index (χ2v) is 11.3. The summed E-state index contributed by atoms with van der Waals surface area (Å²) < 4.78 is 27.8. The van der Waals surface area contributed by atoms with Gasteiger partial charge in [-0.25, -0.2) is 8.42 Å².